The van der Waals surface area contributed by atoms with E-state index in [0.29, 0.717) is 46.8 Å². The highest BCUT2D eigenvalue weighted by atomic mass is 16.5. The minimum Gasteiger partial charge on any atom is -0.438 e. The van der Waals surface area contributed by atoms with E-state index in [2.05, 4.69) is 10.3 Å². The van der Waals surface area contributed by atoms with Gasteiger partial charge < -0.3 is 19.4 Å². The second kappa shape index (κ2) is 7.00. The third kappa shape index (κ3) is 3.17. The molecule has 0 aliphatic carbocycles. The lowest BCUT2D eigenvalue weighted by atomic mass is 9.97. The molecular formula is C22H21N3O4. The van der Waals surface area contributed by atoms with Crippen molar-refractivity contribution in [1.82, 2.24) is 9.88 Å². The summed E-state index contributed by atoms with van der Waals surface area (Å²) in [5.41, 5.74) is 3.94. The van der Waals surface area contributed by atoms with Gasteiger partial charge in [0.15, 0.2) is 5.58 Å². The zero-order chi connectivity index (χ0) is 20.0. The maximum atomic E-state index is 12.9. The number of amides is 2. The first-order valence-corrected chi connectivity index (χ1v) is 9.81. The van der Waals surface area contributed by atoms with Crippen molar-refractivity contribution >= 4 is 28.6 Å². The van der Waals surface area contributed by atoms with Crippen LogP contribution in [0, 0.1) is 0 Å². The number of carbonyl (C=O) groups excluding carboxylic acids is 2. The summed E-state index contributed by atoms with van der Waals surface area (Å²) in [5, 5.41) is 2.95. The summed E-state index contributed by atoms with van der Waals surface area (Å²) < 4.78 is 11.5. The van der Waals surface area contributed by atoms with Crippen LogP contribution in [-0.2, 0) is 11.2 Å². The van der Waals surface area contributed by atoms with Crippen LogP contribution in [0.2, 0.25) is 0 Å². The molecule has 0 radical (unpaired) electrons. The summed E-state index contributed by atoms with van der Waals surface area (Å²) in [5.74, 6) is 0.295. The Hall–Kier alpha value is -3.19. The van der Waals surface area contributed by atoms with Gasteiger partial charge in [-0.05, 0) is 55.2 Å². The smallest absolute Gasteiger partial charge is 0.255 e. The van der Waals surface area contributed by atoms with Crippen molar-refractivity contribution in [2.45, 2.75) is 25.4 Å². The second-order valence-corrected chi connectivity index (χ2v) is 7.50. The van der Waals surface area contributed by atoms with E-state index in [4.69, 9.17) is 9.15 Å². The van der Waals surface area contributed by atoms with Crippen molar-refractivity contribution in [3.05, 3.63) is 59.0 Å². The number of oxazole rings is 1. The summed E-state index contributed by atoms with van der Waals surface area (Å²) in [4.78, 5) is 31.4. The van der Waals surface area contributed by atoms with Crippen LogP contribution in [0.1, 0.15) is 51.1 Å². The molecule has 1 N–H and O–H groups in total. The molecule has 5 rings (SSSR count). The lowest BCUT2D eigenvalue weighted by Crippen LogP contribution is -2.34. The van der Waals surface area contributed by atoms with Crippen molar-refractivity contribution in [2.24, 2.45) is 0 Å². The van der Waals surface area contributed by atoms with Crippen molar-refractivity contribution in [3.8, 4) is 0 Å². The lowest BCUT2D eigenvalue weighted by Gasteiger charge is -2.26. The first kappa shape index (κ1) is 17.9. The highest BCUT2D eigenvalue weighted by molar-refractivity contribution is 6.07. The number of nitrogens with zero attached hydrogens (tertiary/aromatic N) is 2. The van der Waals surface area contributed by atoms with Gasteiger partial charge in [-0.15, -0.1) is 0 Å². The Kier molecular flexibility index (Phi) is 4.32. The molecule has 1 atom stereocenters. The van der Waals surface area contributed by atoms with E-state index in [1.54, 1.807) is 42.3 Å². The molecule has 7 nitrogen and oxygen atoms in total. The molecule has 3 aromatic rings. The number of fused-ring (bicyclic) bond motifs is 2. The molecule has 7 heteroatoms. The van der Waals surface area contributed by atoms with E-state index in [9.17, 15) is 9.59 Å². The fraction of sp³-hybridized carbons (Fsp3) is 0.318. The van der Waals surface area contributed by atoms with Gasteiger partial charge in [-0.25, -0.2) is 4.98 Å². The highest BCUT2D eigenvalue weighted by Gasteiger charge is 2.25. The molecule has 1 fully saturated rings. The van der Waals surface area contributed by atoms with Gasteiger partial charge in [0.2, 0.25) is 5.89 Å². The van der Waals surface area contributed by atoms with Crippen molar-refractivity contribution < 1.29 is 18.7 Å². The van der Waals surface area contributed by atoms with Crippen LogP contribution in [0.4, 0.5) is 5.69 Å². The molecule has 148 valence electrons. The summed E-state index contributed by atoms with van der Waals surface area (Å²) >= 11 is 0. The maximum absolute atomic E-state index is 12.9. The van der Waals surface area contributed by atoms with Crippen LogP contribution in [-0.4, -0.2) is 41.9 Å². The number of hydrogen-bond donors (Lipinski definition) is 1. The molecule has 2 aromatic carbocycles. The quantitative estimate of drug-likeness (QED) is 0.738. The molecule has 3 heterocycles. The van der Waals surface area contributed by atoms with Gasteiger partial charge in [0, 0.05) is 37.0 Å². The van der Waals surface area contributed by atoms with Crippen LogP contribution in [0.25, 0.3) is 11.1 Å². The molecule has 1 unspecified atom stereocenters. The lowest BCUT2D eigenvalue weighted by molar-refractivity contribution is 0.0780. The number of anilines is 1. The third-order valence-electron chi connectivity index (χ3n) is 5.57. The van der Waals surface area contributed by atoms with E-state index >= 15 is 0 Å². The van der Waals surface area contributed by atoms with Crippen LogP contribution in [0.5, 0.6) is 0 Å². The molecule has 0 bridgehead atoms. The molecular weight excluding hydrogens is 370 g/mol. The average Bonchev–Trinajstić information content (AvgIpc) is 3.40. The van der Waals surface area contributed by atoms with Gasteiger partial charge in [-0.2, -0.15) is 0 Å². The fourth-order valence-electron chi connectivity index (χ4n) is 3.95. The summed E-state index contributed by atoms with van der Waals surface area (Å²) in [6, 6.07) is 10.6. The first-order valence-electron chi connectivity index (χ1n) is 9.81. The SMILES string of the molecule is CN1CCc2c(NC(=O)c3ccc4nc(C5CCCO5)oc4c3)cccc2C1=O. The van der Waals surface area contributed by atoms with Gasteiger partial charge in [0.25, 0.3) is 11.8 Å². The van der Waals surface area contributed by atoms with Crippen LogP contribution in [0.3, 0.4) is 0 Å². The monoisotopic (exact) mass is 391 g/mol. The molecule has 0 saturated carbocycles. The third-order valence-corrected chi connectivity index (χ3v) is 5.57. The molecule has 1 aromatic heterocycles. The van der Waals surface area contributed by atoms with Crippen LogP contribution in [0.15, 0.2) is 40.8 Å². The number of benzene rings is 2. The van der Waals surface area contributed by atoms with Gasteiger partial charge in [0.1, 0.15) is 11.6 Å². The number of nitrogens with one attached hydrogen (secondary N) is 1. The summed E-state index contributed by atoms with van der Waals surface area (Å²) in [6.45, 7) is 1.35. The molecule has 29 heavy (non-hydrogen) atoms. The normalized spacial score (nSPS) is 18.9. The summed E-state index contributed by atoms with van der Waals surface area (Å²) in [7, 11) is 1.79. The van der Waals surface area contributed by atoms with Crippen molar-refractivity contribution in [1.29, 1.82) is 0 Å². The Balaban J connectivity index is 1.41. The minimum atomic E-state index is -0.248. The number of hydrogen-bond acceptors (Lipinski definition) is 5. The maximum Gasteiger partial charge on any atom is 0.255 e. The van der Waals surface area contributed by atoms with Gasteiger partial charge in [-0.3, -0.25) is 9.59 Å². The fourth-order valence-corrected chi connectivity index (χ4v) is 3.95. The number of carbonyl (C=O) groups is 2. The van der Waals surface area contributed by atoms with E-state index in [-0.39, 0.29) is 17.9 Å². The summed E-state index contributed by atoms with van der Waals surface area (Å²) in [6.07, 6.45) is 2.50. The zero-order valence-electron chi connectivity index (χ0n) is 16.1. The van der Waals surface area contributed by atoms with Crippen LogP contribution < -0.4 is 5.32 Å². The van der Waals surface area contributed by atoms with E-state index in [1.807, 2.05) is 6.07 Å². The molecule has 1 saturated heterocycles. The Morgan fingerprint density at radius 1 is 1.28 bits per heavy atom. The van der Waals surface area contributed by atoms with Crippen molar-refractivity contribution in [2.75, 3.05) is 25.5 Å². The number of aromatic nitrogens is 1. The van der Waals surface area contributed by atoms with Crippen molar-refractivity contribution in [3.63, 3.8) is 0 Å². The van der Waals surface area contributed by atoms with E-state index in [1.165, 1.54) is 0 Å². The first-order chi connectivity index (χ1) is 14.1. The predicted molar refractivity (Wildman–Crippen MR) is 107 cm³/mol. The Morgan fingerprint density at radius 2 is 2.17 bits per heavy atom. The number of rotatable bonds is 3. The Morgan fingerprint density at radius 3 is 3.00 bits per heavy atom. The zero-order valence-corrected chi connectivity index (χ0v) is 16.1. The largest absolute Gasteiger partial charge is 0.438 e. The average molecular weight is 391 g/mol. The number of likely N-dealkylation sites (N-methyl/N-ethyl adjacent to an activating group) is 1. The Bertz CT molecular complexity index is 1110. The predicted octanol–water partition coefficient (Wildman–Crippen LogP) is 3.56. The van der Waals surface area contributed by atoms with E-state index < -0.39 is 0 Å². The number of ether oxygens (including phenoxy) is 1. The molecule has 0 spiro atoms. The van der Waals surface area contributed by atoms with Gasteiger partial charge >= 0.3 is 0 Å². The molecule has 2 aliphatic rings. The molecule has 2 amide bonds. The van der Waals surface area contributed by atoms with Gasteiger partial charge in [-0.1, -0.05) is 6.07 Å². The topological polar surface area (TPSA) is 84.7 Å². The van der Waals surface area contributed by atoms with Gasteiger partial charge in [0.05, 0.1) is 0 Å². The molecule has 2 aliphatic heterocycles. The second-order valence-electron chi connectivity index (χ2n) is 7.50. The Labute approximate surface area is 167 Å². The minimum absolute atomic E-state index is 0.0212. The highest BCUT2D eigenvalue weighted by Crippen LogP contribution is 2.31. The van der Waals surface area contributed by atoms with E-state index in [0.717, 1.165) is 25.0 Å². The standard InChI is InChI=1S/C22H21N3O4/c1-25-10-9-14-15(22(25)27)4-2-5-16(14)23-20(26)13-7-8-17-19(12-13)29-21(24-17)18-6-3-11-28-18/h2,4-5,7-8,12,18H,3,6,9-11H2,1H3,(H,23,26). The van der Waals surface area contributed by atoms with Crippen LogP contribution >= 0.6 is 0 Å².